The fourth-order valence-electron chi connectivity index (χ4n) is 6.33. The molecule has 2 nitrogen and oxygen atoms in total. The number of nitrogens with zero attached hydrogens (tertiary/aromatic N) is 1. The lowest BCUT2D eigenvalue weighted by atomic mass is 9.93. The minimum Gasteiger partial charge on any atom is -0.507 e. The summed E-state index contributed by atoms with van der Waals surface area (Å²) in [6.45, 7) is 3.75. The summed E-state index contributed by atoms with van der Waals surface area (Å²) in [6.07, 6.45) is 25.1. The Morgan fingerprint density at radius 1 is 0.775 bits per heavy atom. The molecule has 0 amide bonds. The Morgan fingerprint density at radius 3 is 2.48 bits per heavy atom. The molecule has 5 aromatic rings. The Balaban J connectivity index is 1.51. The number of para-hydroxylation sites is 1. The molecule has 0 bridgehead atoms. The van der Waals surface area contributed by atoms with E-state index in [0.29, 0.717) is 5.75 Å². The second-order valence-corrected chi connectivity index (χ2v) is 10.5. The summed E-state index contributed by atoms with van der Waals surface area (Å²) in [6, 6.07) is 21.7. The average molecular weight is 518 g/mol. The van der Waals surface area contributed by atoms with E-state index in [1.807, 2.05) is 12.2 Å². The molecule has 0 atom stereocenters. The fraction of sp³-hybridized carbons (Fsp3) is 0.105. The van der Waals surface area contributed by atoms with E-state index in [-0.39, 0.29) is 0 Å². The number of aromatic hydroxyl groups is 1. The van der Waals surface area contributed by atoms with Gasteiger partial charge in [0, 0.05) is 32.8 Å². The molecule has 4 aromatic carbocycles. The maximum Gasteiger partial charge on any atom is 0.131 e. The molecular formula is C38H31NO. The second-order valence-electron chi connectivity index (χ2n) is 10.5. The summed E-state index contributed by atoms with van der Waals surface area (Å²) >= 11 is 0. The van der Waals surface area contributed by atoms with E-state index in [1.165, 1.54) is 33.1 Å². The van der Waals surface area contributed by atoms with Gasteiger partial charge in [0.1, 0.15) is 5.75 Å². The van der Waals surface area contributed by atoms with Crippen molar-refractivity contribution >= 4 is 54.6 Å². The zero-order valence-corrected chi connectivity index (χ0v) is 22.5. The van der Waals surface area contributed by atoms with Crippen molar-refractivity contribution in [3.63, 3.8) is 0 Å². The number of phenolic OH excluding ortho intramolecular Hbond substituents is 1. The van der Waals surface area contributed by atoms with Crippen LogP contribution in [0, 0.1) is 0 Å². The van der Waals surface area contributed by atoms with Gasteiger partial charge in [0.2, 0.25) is 0 Å². The Hall–Kier alpha value is -4.82. The van der Waals surface area contributed by atoms with Crippen LogP contribution >= 0.6 is 0 Å². The molecule has 2 heteroatoms. The standard InChI is InChI=1S/C38H31NO/c1-2-3-4-6-12-26-13-11-16-29(25-26)39-35-18-10-9-17-31(35)33-24-23-32-34(37(33)39)22-20-28-19-21-30(38(40)36(28)32)27-14-7-5-8-15-27/h2-4,6-7,9-10,12-15,17-25,40H,1,5,8,11,16H2/b4-3-,12-6+. The minimum atomic E-state index is 0.364. The highest BCUT2D eigenvalue weighted by Crippen LogP contribution is 2.43. The summed E-state index contributed by atoms with van der Waals surface area (Å²) in [4.78, 5) is 0. The molecule has 7 rings (SSSR count). The minimum absolute atomic E-state index is 0.364. The molecule has 0 spiro atoms. The third-order valence-corrected chi connectivity index (χ3v) is 8.14. The van der Waals surface area contributed by atoms with Gasteiger partial charge in [-0.05, 0) is 59.7 Å². The monoisotopic (exact) mass is 517 g/mol. The lowest BCUT2D eigenvalue weighted by molar-refractivity contribution is 0.480. The molecule has 0 unspecified atom stereocenters. The summed E-state index contributed by atoms with van der Waals surface area (Å²) < 4.78 is 2.45. The van der Waals surface area contributed by atoms with E-state index < -0.39 is 0 Å². The largest absolute Gasteiger partial charge is 0.507 e. The third-order valence-electron chi connectivity index (χ3n) is 8.14. The number of rotatable bonds is 5. The SMILES string of the molecule is C=C/C=C\C=C\C1=CCCC(n2c3ccccc3c3ccc4c(ccc5ccc(C6=CCCC=C6)c(O)c54)c32)=C1. The van der Waals surface area contributed by atoms with Crippen LogP contribution in [0.25, 0.3) is 54.6 Å². The van der Waals surface area contributed by atoms with Gasteiger partial charge >= 0.3 is 0 Å². The van der Waals surface area contributed by atoms with Gasteiger partial charge in [-0.1, -0.05) is 116 Å². The summed E-state index contributed by atoms with van der Waals surface area (Å²) in [5.74, 6) is 0.364. The van der Waals surface area contributed by atoms with Crippen molar-refractivity contribution in [1.29, 1.82) is 0 Å². The van der Waals surface area contributed by atoms with Gasteiger partial charge in [-0.3, -0.25) is 0 Å². The van der Waals surface area contributed by atoms with E-state index in [1.54, 1.807) is 6.08 Å². The van der Waals surface area contributed by atoms with Crippen LogP contribution in [0.4, 0.5) is 0 Å². The predicted molar refractivity (Wildman–Crippen MR) is 173 cm³/mol. The first kappa shape index (κ1) is 24.2. The van der Waals surface area contributed by atoms with Crippen molar-refractivity contribution in [3.05, 3.63) is 139 Å². The van der Waals surface area contributed by atoms with Crippen molar-refractivity contribution in [2.75, 3.05) is 0 Å². The average Bonchev–Trinajstić information content (AvgIpc) is 3.35. The lowest BCUT2D eigenvalue weighted by Gasteiger charge is -2.18. The third kappa shape index (κ3) is 3.96. The van der Waals surface area contributed by atoms with Gasteiger partial charge in [-0.25, -0.2) is 0 Å². The first-order valence-electron chi connectivity index (χ1n) is 14.1. The molecule has 1 heterocycles. The zero-order chi connectivity index (χ0) is 27.1. The van der Waals surface area contributed by atoms with Gasteiger partial charge in [0.25, 0.3) is 0 Å². The predicted octanol–water partition coefficient (Wildman–Crippen LogP) is 10.4. The fourth-order valence-corrected chi connectivity index (χ4v) is 6.33. The molecule has 1 aromatic heterocycles. The maximum atomic E-state index is 11.7. The summed E-state index contributed by atoms with van der Waals surface area (Å²) in [5, 5.41) is 18.4. The molecule has 0 saturated heterocycles. The highest BCUT2D eigenvalue weighted by atomic mass is 16.3. The maximum absolute atomic E-state index is 11.7. The van der Waals surface area contributed by atoms with Gasteiger partial charge in [-0.15, -0.1) is 0 Å². The molecule has 2 aliphatic rings. The Bertz CT molecular complexity index is 2020. The van der Waals surface area contributed by atoms with E-state index in [2.05, 4.69) is 114 Å². The molecular weight excluding hydrogens is 486 g/mol. The van der Waals surface area contributed by atoms with Gasteiger partial charge < -0.3 is 9.67 Å². The van der Waals surface area contributed by atoms with E-state index in [0.717, 1.165) is 58.4 Å². The van der Waals surface area contributed by atoms with E-state index >= 15 is 0 Å². The van der Waals surface area contributed by atoms with E-state index in [9.17, 15) is 5.11 Å². The van der Waals surface area contributed by atoms with Gasteiger partial charge in [-0.2, -0.15) is 0 Å². The Labute approximate surface area is 234 Å². The first-order chi connectivity index (χ1) is 19.7. The molecule has 0 saturated carbocycles. The molecule has 1 N–H and O–H groups in total. The molecule has 0 fully saturated rings. The number of aromatic nitrogens is 1. The van der Waals surface area contributed by atoms with Crippen molar-refractivity contribution < 1.29 is 5.11 Å². The van der Waals surface area contributed by atoms with Crippen LogP contribution in [-0.2, 0) is 0 Å². The number of fused-ring (bicyclic) bond motifs is 7. The highest BCUT2D eigenvalue weighted by Gasteiger charge is 2.20. The van der Waals surface area contributed by atoms with Gasteiger partial charge in [0.15, 0.2) is 0 Å². The first-order valence-corrected chi connectivity index (χ1v) is 14.1. The number of hydrogen-bond acceptors (Lipinski definition) is 1. The molecule has 0 aliphatic heterocycles. The Kier molecular flexibility index (Phi) is 6.09. The number of allylic oxidation sites excluding steroid dienone is 13. The number of hydrogen-bond donors (Lipinski definition) is 1. The topological polar surface area (TPSA) is 25.2 Å². The van der Waals surface area contributed by atoms with Crippen LogP contribution in [0.15, 0.2) is 134 Å². The smallest absolute Gasteiger partial charge is 0.131 e. The van der Waals surface area contributed by atoms with Crippen molar-refractivity contribution in [1.82, 2.24) is 4.57 Å². The van der Waals surface area contributed by atoms with Crippen LogP contribution in [0.1, 0.15) is 31.2 Å². The zero-order valence-electron chi connectivity index (χ0n) is 22.5. The summed E-state index contributed by atoms with van der Waals surface area (Å²) in [5.41, 5.74) is 6.90. The van der Waals surface area contributed by atoms with Crippen molar-refractivity contribution in [2.24, 2.45) is 0 Å². The number of phenols is 1. The van der Waals surface area contributed by atoms with E-state index in [4.69, 9.17) is 0 Å². The van der Waals surface area contributed by atoms with Crippen LogP contribution < -0.4 is 0 Å². The van der Waals surface area contributed by atoms with Crippen molar-refractivity contribution in [2.45, 2.75) is 25.7 Å². The molecule has 2 aliphatic carbocycles. The van der Waals surface area contributed by atoms with Crippen LogP contribution in [-0.4, -0.2) is 9.67 Å². The van der Waals surface area contributed by atoms with Gasteiger partial charge in [0.05, 0.1) is 11.0 Å². The van der Waals surface area contributed by atoms with Crippen LogP contribution in [0.3, 0.4) is 0 Å². The van der Waals surface area contributed by atoms with Crippen LogP contribution in [0.2, 0.25) is 0 Å². The molecule has 0 radical (unpaired) electrons. The van der Waals surface area contributed by atoms with Crippen molar-refractivity contribution in [3.8, 4) is 5.75 Å². The lowest BCUT2D eigenvalue weighted by Crippen LogP contribution is -2.01. The second kappa shape index (κ2) is 10.1. The number of benzene rings is 4. The highest BCUT2D eigenvalue weighted by molar-refractivity contribution is 6.24. The normalized spacial score (nSPS) is 15.9. The molecule has 40 heavy (non-hydrogen) atoms. The quantitative estimate of drug-likeness (QED) is 0.182. The molecule has 194 valence electrons. The van der Waals surface area contributed by atoms with Crippen LogP contribution in [0.5, 0.6) is 5.75 Å². The Morgan fingerprint density at radius 2 is 1.60 bits per heavy atom. The summed E-state index contributed by atoms with van der Waals surface area (Å²) in [7, 11) is 0.